The summed E-state index contributed by atoms with van der Waals surface area (Å²) in [6.45, 7) is 2.16. The van der Waals surface area contributed by atoms with Crippen molar-refractivity contribution in [1.82, 2.24) is 15.1 Å². The Labute approximate surface area is 157 Å². The lowest BCUT2D eigenvalue weighted by molar-refractivity contribution is -0.145. The molecule has 0 aliphatic carbocycles. The van der Waals surface area contributed by atoms with Crippen LogP contribution in [0.5, 0.6) is 5.75 Å². The highest BCUT2D eigenvalue weighted by molar-refractivity contribution is 5.88. The predicted octanol–water partition coefficient (Wildman–Crippen LogP) is 0.208. The number of para-hydroxylation sites is 1. The maximum atomic E-state index is 13.0. The molecule has 144 valence electrons. The third kappa shape index (κ3) is 3.20. The molecule has 4 amide bonds. The number of primary amides is 1. The number of carbonyl (C=O) groups is 3. The number of benzene rings is 1. The predicted molar refractivity (Wildman–Crippen MR) is 97.1 cm³/mol. The molecule has 8 nitrogen and oxygen atoms in total. The van der Waals surface area contributed by atoms with Gasteiger partial charge in [0, 0.05) is 43.6 Å². The van der Waals surface area contributed by atoms with Crippen molar-refractivity contribution in [3.05, 3.63) is 29.8 Å². The first kappa shape index (κ1) is 17.6. The summed E-state index contributed by atoms with van der Waals surface area (Å²) in [5.74, 6) is 0.433. The molecule has 1 aromatic carbocycles. The Kier molecular flexibility index (Phi) is 4.41. The first-order valence-electron chi connectivity index (χ1n) is 9.35. The molecule has 8 heteroatoms. The van der Waals surface area contributed by atoms with Gasteiger partial charge in [-0.3, -0.25) is 9.59 Å². The van der Waals surface area contributed by atoms with Crippen molar-refractivity contribution in [2.45, 2.75) is 30.8 Å². The van der Waals surface area contributed by atoms with Crippen LogP contribution in [0.2, 0.25) is 0 Å². The Morgan fingerprint density at radius 2 is 1.89 bits per heavy atom. The Hall–Kier alpha value is -2.77. The number of rotatable bonds is 1. The Bertz CT molecular complexity index is 773. The quantitative estimate of drug-likeness (QED) is 0.735. The van der Waals surface area contributed by atoms with Gasteiger partial charge in [0.05, 0.1) is 6.54 Å². The van der Waals surface area contributed by atoms with Gasteiger partial charge < -0.3 is 25.6 Å². The van der Waals surface area contributed by atoms with E-state index in [1.54, 1.807) is 9.80 Å². The molecule has 3 aliphatic rings. The van der Waals surface area contributed by atoms with E-state index in [0.717, 1.165) is 24.2 Å². The number of nitrogens with one attached hydrogen (secondary N) is 1. The van der Waals surface area contributed by atoms with Crippen molar-refractivity contribution in [2.75, 3.05) is 32.7 Å². The van der Waals surface area contributed by atoms with E-state index in [1.165, 1.54) is 0 Å². The van der Waals surface area contributed by atoms with E-state index >= 15 is 0 Å². The molecular formula is C19H24N4O4. The number of hydrogen-bond donors (Lipinski definition) is 2. The van der Waals surface area contributed by atoms with E-state index in [0.29, 0.717) is 32.6 Å². The largest absolute Gasteiger partial charge is 0.480 e. The van der Waals surface area contributed by atoms with E-state index in [1.807, 2.05) is 24.3 Å². The number of hydrogen-bond acceptors (Lipinski definition) is 4. The van der Waals surface area contributed by atoms with Crippen LogP contribution in [-0.2, 0) is 15.0 Å². The summed E-state index contributed by atoms with van der Waals surface area (Å²) in [6.07, 6.45) is 1.40. The minimum Gasteiger partial charge on any atom is -0.480 e. The average Bonchev–Trinajstić information content (AvgIpc) is 2.68. The highest BCUT2D eigenvalue weighted by atomic mass is 16.5. The van der Waals surface area contributed by atoms with E-state index in [4.69, 9.17) is 10.5 Å². The van der Waals surface area contributed by atoms with Crippen LogP contribution in [0.25, 0.3) is 0 Å². The molecule has 0 saturated carbocycles. The van der Waals surface area contributed by atoms with Crippen LogP contribution in [0.4, 0.5) is 4.79 Å². The van der Waals surface area contributed by atoms with Crippen LogP contribution in [0, 0.1) is 0 Å². The lowest BCUT2D eigenvalue weighted by Crippen LogP contribution is -2.56. The number of piperidine rings is 1. The van der Waals surface area contributed by atoms with Gasteiger partial charge in [0.2, 0.25) is 5.91 Å². The normalized spacial score (nSPS) is 24.0. The van der Waals surface area contributed by atoms with Crippen LogP contribution < -0.4 is 15.8 Å². The Morgan fingerprint density at radius 1 is 1.15 bits per heavy atom. The van der Waals surface area contributed by atoms with Crippen molar-refractivity contribution in [1.29, 1.82) is 0 Å². The van der Waals surface area contributed by atoms with Crippen LogP contribution in [0.1, 0.15) is 24.8 Å². The monoisotopic (exact) mass is 372 g/mol. The number of carbonyl (C=O) groups excluding carboxylic acids is 3. The zero-order valence-corrected chi connectivity index (χ0v) is 15.1. The molecule has 0 aromatic heterocycles. The summed E-state index contributed by atoms with van der Waals surface area (Å²) in [7, 11) is 0. The van der Waals surface area contributed by atoms with Crippen LogP contribution in [0.3, 0.4) is 0 Å². The number of amides is 4. The molecule has 1 spiro atoms. The molecule has 4 rings (SSSR count). The minimum atomic E-state index is -0.620. The van der Waals surface area contributed by atoms with Gasteiger partial charge in [-0.25, -0.2) is 4.79 Å². The smallest absolute Gasteiger partial charge is 0.314 e. The molecule has 2 fully saturated rings. The zero-order chi connectivity index (χ0) is 19.0. The number of ether oxygens (including phenoxy) is 1. The van der Waals surface area contributed by atoms with Crippen molar-refractivity contribution < 1.29 is 19.1 Å². The summed E-state index contributed by atoms with van der Waals surface area (Å²) in [5, 5.41) is 2.73. The van der Waals surface area contributed by atoms with Gasteiger partial charge in [-0.1, -0.05) is 18.2 Å². The summed E-state index contributed by atoms with van der Waals surface area (Å²) in [4.78, 5) is 39.4. The lowest BCUT2D eigenvalue weighted by atomic mass is 9.67. The molecule has 0 radical (unpaired) electrons. The molecule has 3 N–H and O–H groups in total. The highest BCUT2D eigenvalue weighted by Gasteiger charge is 2.47. The fraction of sp³-hybridized carbons (Fsp3) is 0.526. The lowest BCUT2D eigenvalue weighted by Gasteiger charge is -2.47. The van der Waals surface area contributed by atoms with Gasteiger partial charge in [0.25, 0.3) is 5.91 Å². The molecule has 3 aliphatic heterocycles. The second-order valence-corrected chi connectivity index (χ2v) is 7.52. The molecule has 0 unspecified atom stereocenters. The molecule has 27 heavy (non-hydrogen) atoms. The van der Waals surface area contributed by atoms with Crippen LogP contribution in [0.15, 0.2) is 24.3 Å². The molecule has 0 bridgehead atoms. The average molecular weight is 372 g/mol. The number of nitrogens with zero attached hydrogens (tertiary/aromatic N) is 2. The van der Waals surface area contributed by atoms with Crippen molar-refractivity contribution in [3.63, 3.8) is 0 Å². The van der Waals surface area contributed by atoms with Crippen molar-refractivity contribution >= 4 is 17.8 Å². The molecule has 2 saturated heterocycles. The van der Waals surface area contributed by atoms with Crippen LogP contribution >= 0.6 is 0 Å². The van der Waals surface area contributed by atoms with Gasteiger partial charge >= 0.3 is 6.03 Å². The number of piperazine rings is 1. The van der Waals surface area contributed by atoms with Gasteiger partial charge in [-0.05, 0) is 18.9 Å². The topological polar surface area (TPSA) is 105 Å². The number of fused-ring (bicyclic) bond motifs is 2. The first-order chi connectivity index (χ1) is 13.0. The third-order valence-electron chi connectivity index (χ3n) is 5.96. The standard InChI is InChI=1S/C19H24N4O4/c20-18(26)22-8-5-19(6-9-22)11-15(27-14-4-2-1-3-13(14)19)17(25)23-10-7-21-16(24)12-23/h1-4,15H,5-12H2,(H2,20,26)(H,21,24)/t15-/m1/s1. The Morgan fingerprint density at radius 3 is 2.59 bits per heavy atom. The van der Waals surface area contributed by atoms with E-state index in [9.17, 15) is 14.4 Å². The van der Waals surface area contributed by atoms with E-state index in [-0.39, 0.29) is 23.8 Å². The van der Waals surface area contributed by atoms with E-state index < -0.39 is 12.1 Å². The fourth-order valence-electron chi connectivity index (χ4n) is 4.46. The molecule has 1 atom stereocenters. The SMILES string of the molecule is NC(=O)N1CCC2(CC1)C[C@H](C(=O)N1CCNC(=O)C1)Oc1ccccc12. The van der Waals surface area contributed by atoms with Gasteiger partial charge in [-0.15, -0.1) is 0 Å². The zero-order valence-electron chi connectivity index (χ0n) is 15.1. The number of likely N-dealkylation sites (tertiary alicyclic amines) is 1. The number of urea groups is 1. The van der Waals surface area contributed by atoms with Crippen molar-refractivity contribution in [2.24, 2.45) is 5.73 Å². The van der Waals surface area contributed by atoms with Crippen LogP contribution in [-0.4, -0.2) is 66.5 Å². The summed E-state index contributed by atoms with van der Waals surface area (Å²) >= 11 is 0. The fourth-order valence-corrected chi connectivity index (χ4v) is 4.46. The maximum absolute atomic E-state index is 13.0. The molecular weight excluding hydrogens is 348 g/mol. The summed E-state index contributed by atoms with van der Waals surface area (Å²) < 4.78 is 6.06. The van der Waals surface area contributed by atoms with Gasteiger partial charge in [-0.2, -0.15) is 0 Å². The van der Waals surface area contributed by atoms with E-state index in [2.05, 4.69) is 5.32 Å². The maximum Gasteiger partial charge on any atom is 0.314 e. The second kappa shape index (κ2) is 6.75. The summed E-state index contributed by atoms with van der Waals surface area (Å²) in [6, 6.07) is 7.40. The van der Waals surface area contributed by atoms with Gasteiger partial charge in [0.1, 0.15) is 5.75 Å². The van der Waals surface area contributed by atoms with Crippen molar-refractivity contribution in [3.8, 4) is 5.75 Å². The van der Waals surface area contributed by atoms with Gasteiger partial charge in [0.15, 0.2) is 6.10 Å². The highest BCUT2D eigenvalue weighted by Crippen LogP contribution is 2.47. The summed E-state index contributed by atoms with van der Waals surface area (Å²) in [5.41, 5.74) is 6.30. The third-order valence-corrected chi connectivity index (χ3v) is 5.96. The molecule has 3 heterocycles. The Balaban J connectivity index is 1.59. The molecule has 1 aromatic rings. The second-order valence-electron chi connectivity index (χ2n) is 7.52. The minimum absolute atomic E-state index is 0.0722. The first-order valence-corrected chi connectivity index (χ1v) is 9.35. The number of nitrogens with two attached hydrogens (primary N) is 1.